The third kappa shape index (κ3) is 5.71. The quantitative estimate of drug-likeness (QED) is 0.737. The van der Waals surface area contributed by atoms with Crippen LogP contribution in [-0.4, -0.2) is 31.1 Å². The number of hydrogen-bond donors (Lipinski definition) is 1. The van der Waals surface area contributed by atoms with Crippen LogP contribution < -0.4 is 5.32 Å². The fourth-order valence-corrected chi connectivity index (χ4v) is 2.84. The van der Waals surface area contributed by atoms with Crippen molar-refractivity contribution in [3.63, 3.8) is 0 Å². The number of nitrogens with zero attached hydrogens (tertiary/aromatic N) is 1. The van der Waals surface area contributed by atoms with Gasteiger partial charge in [0.25, 0.3) is 0 Å². The molecule has 0 aliphatic rings. The highest BCUT2D eigenvalue weighted by atomic mass is 19.1. The summed E-state index contributed by atoms with van der Waals surface area (Å²) in [5.41, 5.74) is 0.687. The molecule has 0 heterocycles. The smallest absolute Gasteiger partial charge is 0.126 e. The first-order valence-corrected chi connectivity index (χ1v) is 7.91. The molecule has 0 saturated heterocycles. The lowest BCUT2D eigenvalue weighted by Crippen LogP contribution is -2.34. The largest absolute Gasteiger partial charge is 0.310 e. The van der Waals surface area contributed by atoms with Crippen LogP contribution in [0.2, 0.25) is 0 Å². The molecule has 1 N–H and O–H groups in total. The summed E-state index contributed by atoms with van der Waals surface area (Å²) >= 11 is 0. The Morgan fingerprint density at radius 2 is 1.62 bits per heavy atom. The van der Waals surface area contributed by atoms with Gasteiger partial charge in [-0.1, -0.05) is 20.8 Å². The van der Waals surface area contributed by atoms with Crippen molar-refractivity contribution in [1.29, 1.82) is 0 Å². The lowest BCUT2D eigenvalue weighted by Gasteiger charge is -2.28. The summed E-state index contributed by atoms with van der Waals surface area (Å²) in [7, 11) is 2.12. The van der Waals surface area contributed by atoms with Gasteiger partial charge in [0.1, 0.15) is 11.6 Å². The van der Waals surface area contributed by atoms with Gasteiger partial charge in [-0.2, -0.15) is 0 Å². The van der Waals surface area contributed by atoms with Gasteiger partial charge < -0.3 is 10.2 Å². The average molecular weight is 298 g/mol. The zero-order chi connectivity index (χ0) is 15.8. The molecule has 0 fully saturated rings. The number of rotatable bonds is 9. The Balaban J connectivity index is 2.73. The van der Waals surface area contributed by atoms with Crippen molar-refractivity contribution in [2.45, 2.75) is 52.1 Å². The van der Waals surface area contributed by atoms with Crippen molar-refractivity contribution in [2.75, 3.05) is 20.1 Å². The van der Waals surface area contributed by atoms with Gasteiger partial charge in [-0.15, -0.1) is 0 Å². The molecule has 0 saturated carbocycles. The van der Waals surface area contributed by atoms with Crippen LogP contribution in [-0.2, 0) is 0 Å². The second kappa shape index (κ2) is 9.11. The van der Waals surface area contributed by atoms with Gasteiger partial charge in [0, 0.05) is 18.2 Å². The molecule has 1 rings (SSSR count). The van der Waals surface area contributed by atoms with Gasteiger partial charge in [0.15, 0.2) is 0 Å². The highest BCUT2D eigenvalue weighted by Crippen LogP contribution is 2.20. The molecule has 0 amide bonds. The molecular formula is C17H28F2N2. The molecule has 0 radical (unpaired) electrons. The van der Waals surface area contributed by atoms with Crippen molar-refractivity contribution in [3.05, 3.63) is 35.4 Å². The zero-order valence-electron chi connectivity index (χ0n) is 13.6. The van der Waals surface area contributed by atoms with Crippen LogP contribution in [0.3, 0.4) is 0 Å². The molecule has 0 aromatic heterocycles. The third-order valence-electron chi connectivity index (χ3n) is 4.07. The SMILES string of the molecule is CCNC(CCN(C)C(CC)CC)c1cc(F)cc(F)c1. The lowest BCUT2D eigenvalue weighted by molar-refractivity contribution is 0.218. The minimum atomic E-state index is -0.513. The molecular weight excluding hydrogens is 270 g/mol. The fourth-order valence-electron chi connectivity index (χ4n) is 2.84. The van der Waals surface area contributed by atoms with Crippen molar-refractivity contribution in [2.24, 2.45) is 0 Å². The van der Waals surface area contributed by atoms with E-state index in [1.54, 1.807) is 0 Å². The van der Waals surface area contributed by atoms with Gasteiger partial charge in [0.2, 0.25) is 0 Å². The topological polar surface area (TPSA) is 15.3 Å². The third-order valence-corrected chi connectivity index (χ3v) is 4.07. The van der Waals surface area contributed by atoms with Gasteiger partial charge >= 0.3 is 0 Å². The van der Waals surface area contributed by atoms with Crippen LogP contribution in [0.15, 0.2) is 18.2 Å². The molecule has 0 aliphatic carbocycles. The average Bonchev–Trinajstić information content (AvgIpc) is 2.43. The standard InChI is InChI=1S/C17H28F2N2/c1-5-16(6-2)21(4)9-8-17(20-7-3)13-10-14(18)12-15(19)11-13/h10-12,16-17,20H,5-9H2,1-4H3. The maximum absolute atomic E-state index is 13.4. The van der Waals surface area contributed by atoms with Crippen molar-refractivity contribution in [1.82, 2.24) is 10.2 Å². The van der Waals surface area contributed by atoms with E-state index in [1.165, 1.54) is 12.1 Å². The highest BCUT2D eigenvalue weighted by Gasteiger charge is 2.16. The Morgan fingerprint density at radius 3 is 2.10 bits per heavy atom. The predicted octanol–water partition coefficient (Wildman–Crippen LogP) is 4.13. The molecule has 1 atom stereocenters. The van der Waals surface area contributed by atoms with Crippen LogP contribution in [0.25, 0.3) is 0 Å². The predicted molar refractivity (Wildman–Crippen MR) is 84.4 cm³/mol. The van der Waals surface area contributed by atoms with E-state index in [9.17, 15) is 8.78 Å². The maximum Gasteiger partial charge on any atom is 0.126 e. The minimum Gasteiger partial charge on any atom is -0.310 e. The maximum atomic E-state index is 13.4. The highest BCUT2D eigenvalue weighted by molar-refractivity contribution is 5.21. The summed E-state index contributed by atoms with van der Waals surface area (Å²) in [6.07, 6.45) is 3.07. The molecule has 1 unspecified atom stereocenters. The van der Waals surface area contributed by atoms with Crippen molar-refractivity contribution >= 4 is 0 Å². The van der Waals surface area contributed by atoms with E-state index >= 15 is 0 Å². The van der Waals surface area contributed by atoms with Gasteiger partial charge in [-0.05, 0) is 57.1 Å². The van der Waals surface area contributed by atoms with Gasteiger partial charge in [-0.25, -0.2) is 8.78 Å². The van der Waals surface area contributed by atoms with E-state index in [4.69, 9.17) is 0 Å². The number of nitrogens with one attached hydrogen (secondary N) is 1. The summed E-state index contributed by atoms with van der Waals surface area (Å²) in [5.74, 6) is -1.03. The van der Waals surface area contributed by atoms with Crippen LogP contribution in [0.4, 0.5) is 8.78 Å². The number of benzene rings is 1. The molecule has 4 heteroatoms. The van der Waals surface area contributed by atoms with Crippen molar-refractivity contribution < 1.29 is 8.78 Å². The first-order chi connectivity index (χ1) is 10.0. The summed E-state index contributed by atoms with van der Waals surface area (Å²) in [4.78, 5) is 2.33. The second-order valence-electron chi connectivity index (χ2n) is 5.55. The van der Waals surface area contributed by atoms with Crippen LogP contribution in [0.1, 0.15) is 51.6 Å². The molecule has 0 spiro atoms. The summed E-state index contributed by atoms with van der Waals surface area (Å²) in [6, 6.07) is 4.32. The summed E-state index contributed by atoms with van der Waals surface area (Å²) in [5, 5.41) is 3.32. The Labute approximate surface area is 127 Å². The normalized spacial score (nSPS) is 13.1. The molecule has 1 aromatic carbocycles. The van der Waals surface area contributed by atoms with Crippen LogP contribution >= 0.6 is 0 Å². The summed E-state index contributed by atoms with van der Waals surface area (Å²) in [6.45, 7) is 8.07. The Bertz CT molecular complexity index is 399. The van der Waals surface area contributed by atoms with E-state index in [1.807, 2.05) is 6.92 Å². The van der Waals surface area contributed by atoms with E-state index in [0.29, 0.717) is 11.6 Å². The van der Waals surface area contributed by atoms with E-state index in [2.05, 4.69) is 31.1 Å². The monoisotopic (exact) mass is 298 g/mol. The Morgan fingerprint density at radius 1 is 1.05 bits per heavy atom. The van der Waals surface area contributed by atoms with Crippen molar-refractivity contribution in [3.8, 4) is 0 Å². The zero-order valence-corrected chi connectivity index (χ0v) is 13.6. The van der Waals surface area contributed by atoms with Crippen LogP contribution in [0.5, 0.6) is 0 Å². The lowest BCUT2D eigenvalue weighted by atomic mass is 10.0. The fraction of sp³-hybridized carbons (Fsp3) is 0.647. The summed E-state index contributed by atoms with van der Waals surface area (Å²) < 4.78 is 26.8. The molecule has 21 heavy (non-hydrogen) atoms. The molecule has 2 nitrogen and oxygen atoms in total. The first-order valence-electron chi connectivity index (χ1n) is 7.91. The Hall–Kier alpha value is -1.00. The van der Waals surface area contributed by atoms with Gasteiger partial charge in [0.05, 0.1) is 0 Å². The molecule has 0 bridgehead atoms. The number of halogens is 2. The van der Waals surface area contributed by atoms with E-state index in [-0.39, 0.29) is 6.04 Å². The minimum absolute atomic E-state index is 0.0167. The van der Waals surface area contributed by atoms with Crippen LogP contribution in [0, 0.1) is 11.6 Å². The number of hydrogen-bond acceptors (Lipinski definition) is 2. The first kappa shape index (κ1) is 18.1. The molecule has 0 aliphatic heterocycles. The second-order valence-corrected chi connectivity index (χ2v) is 5.55. The Kier molecular flexibility index (Phi) is 7.83. The van der Waals surface area contributed by atoms with E-state index in [0.717, 1.165) is 38.4 Å². The molecule has 120 valence electrons. The van der Waals surface area contributed by atoms with Gasteiger partial charge in [-0.3, -0.25) is 0 Å². The molecule has 1 aromatic rings. The van der Waals surface area contributed by atoms with E-state index < -0.39 is 11.6 Å².